The van der Waals surface area contributed by atoms with E-state index in [0.29, 0.717) is 6.61 Å². The second-order valence-corrected chi connectivity index (χ2v) is 7.88. The summed E-state index contributed by atoms with van der Waals surface area (Å²) in [5, 5.41) is 0. The van der Waals surface area contributed by atoms with Gasteiger partial charge in [0.2, 0.25) is 0 Å². The molecular weight excluding hydrogens is 458 g/mol. The Kier molecular flexibility index (Phi) is 10.4. The van der Waals surface area contributed by atoms with Gasteiger partial charge in [-0.05, 0) is 37.8 Å². The predicted octanol–water partition coefficient (Wildman–Crippen LogP) is 4.97. The average Bonchev–Trinajstić information content (AvgIpc) is 2.72. The number of hydrogen-bond donors (Lipinski definition) is 0. The van der Waals surface area contributed by atoms with Crippen molar-refractivity contribution in [2.24, 2.45) is 0 Å². The zero-order valence-corrected chi connectivity index (χ0v) is 20.7. The van der Waals surface area contributed by atoms with Crippen LogP contribution in [0.1, 0.15) is 48.0 Å². The molecule has 0 saturated carbocycles. The van der Waals surface area contributed by atoms with Crippen LogP contribution in [0.5, 0.6) is 5.75 Å². The largest absolute Gasteiger partial charge is 0.484 e. The molecule has 4 nitrogen and oxygen atoms in total. The molecular formula is C24H31FNO3Y+. The van der Waals surface area contributed by atoms with Crippen LogP contribution in [0.4, 0.5) is 4.39 Å². The Hall–Kier alpha value is -1.30. The average molecular weight is 489 g/mol. The van der Waals surface area contributed by atoms with Crippen LogP contribution < -0.4 is 4.74 Å². The quantitative estimate of drug-likeness (QED) is 0.407. The summed E-state index contributed by atoms with van der Waals surface area (Å²) in [6.45, 7) is 4.28. The fraction of sp³-hybridized carbons (Fsp3) is 0.458. The van der Waals surface area contributed by atoms with E-state index < -0.39 is 11.8 Å². The first-order valence-electron chi connectivity index (χ1n) is 10.5. The van der Waals surface area contributed by atoms with Crippen LogP contribution in [0, 0.1) is 5.82 Å². The normalized spacial score (nSPS) is 15.9. The SMILES string of the molecule is COC(=O)c1cccc(F)c1OCC[N+]1(Cc2ccccc2)CCCCCCC1.[Y]. The fourth-order valence-corrected chi connectivity index (χ4v) is 4.24. The van der Waals surface area contributed by atoms with Crippen LogP contribution in [-0.2, 0) is 44.0 Å². The molecule has 0 aliphatic carbocycles. The van der Waals surface area contributed by atoms with Gasteiger partial charge < -0.3 is 14.0 Å². The third kappa shape index (κ3) is 6.86. The molecule has 2 aromatic rings. The van der Waals surface area contributed by atoms with Gasteiger partial charge in [-0.1, -0.05) is 42.8 Å². The molecule has 0 bridgehead atoms. The third-order valence-corrected chi connectivity index (χ3v) is 5.81. The van der Waals surface area contributed by atoms with Gasteiger partial charge in [0, 0.05) is 38.3 Å². The molecule has 1 fully saturated rings. The smallest absolute Gasteiger partial charge is 0.341 e. The van der Waals surface area contributed by atoms with Crippen molar-refractivity contribution in [1.82, 2.24) is 0 Å². The molecule has 1 aliphatic rings. The number of benzene rings is 2. The van der Waals surface area contributed by atoms with Crippen molar-refractivity contribution in [3.05, 3.63) is 65.5 Å². The number of ether oxygens (including phenoxy) is 2. The second-order valence-electron chi connectivity index (χ2n) is 7.88. The van der Waals surface area contributed by atoms with Gasteiger partial charge in [-0.15, -0.1) is 0 Å². The molecule has 1 saturated heterocycles. The zero-order chi connectivity index (χ0) is 20.5. The molecule has 6 heteroatoms. The van der Waals surface area contributed by atoms with Crippen molar-refractivity contribution in [2.45, 2.75) is 38.6 Å². The maximum atomic E-state index is 14.3. The molecule has 0 unspecified atom stereocenters. The molecule has 0 amide bonds. The Bertz CT molecular complexity index is 792. The summed E-state index contributed by atoms with van der Waals surface area (Å²) in [5.74, 6) is -1.13. The molecule has 159 valence electrons. The summed E-state index contributed by atoms with van der Waals surface area (Å²) < 4.78 is 25.9. The zero-order valence-electron chi connectivity index (χ0n) is 17.8. The summed E-state index contributed by atoms with van der Waals surface area (Å²) in [7, 11) is 1.29. The number of nitrogens with zero attached hydrogens (tertiary/aromatic N) is 1. The molecule has 1 heterocycles. The van der Waals surface area contributed by atoms with Crippen molar-refractivity contribution in [3.63, 3.8) is 0 Å². The van der Waals surface area contributed by atoms with Gasteiger partial charge in [0.15, 0.2) is 11.6 Å². The van der Waals surface area contributed by atoms with Gasteiger partial charge in [-0.3, -0.25) is 0 Å². The number of carbonyl (C=O) groups excluding carboxylic acids is 1. The Morgan fingerprint density at radius 3 is 2.30 bits per heavy atom. The monoisotopic (exact) mass is 489 g/mol. The predicted molar refractivity (Wildman–Crippen MR) is 111 cm³/mol. The van der Waals surface area contributed by atoms with Gasteiger partial charge in [-0.2, -0.15) is 0 Å². The number of rotatable bonds is 7. The van der Waals surface area contributed by atoms with Crippen molar-refractivity contribution in [1.29, 1.82) is 0 Å². The van der Waals surface area contributed by atoms with E-state index in [1.54, 1.807) is 0 Å². The number of halogens is 1. The van der Waals surface area contributed by atoms with E-state index in [2.05, 4.69) is 24.3 Å². The maximum Gasteiger partial charge on any atom is 0.341 e. The molecule has 30 heavy (non-hydrogen) atoms. The second kappa shape index (κ2) is 12.5. The van der Waals surface area contributed by atoms with Crippen molar-refractivity contribution in [2.75, 3.05) is 33.4 Å². The van der Waals surface area contributed by atoms with Crippen molar-refractivity contribution < 1.29 is 55.9 Å². The summed E-state index contributed by atoms with van der Waals surface area (Å²) in [5.41, 5.74) is 1.45. The molecule has 0 aromatic heterocycles. The minimum absolute atomic E-state index is 0. The summed E-state index contributed by atoms with van der Waals surface area (Å²) in [6, 6.07) is 14.9. The Labute approximate surface area is 204 Å². The Balaban J connectivity index is 0.00000320. The minimum Gasteiger partial charge on any atom is -0.484 e. The van der Waals surface area contributed by atoms with Crippen LogP contribution in [-0.4, -0.2) is 43.8 Å². The van der Waals surface area contributed by atoms with Gasteiger partial charge in [0.05, 0.1) is 20.2 Å². The van der Waals surface area contributed by atoms with Crippen molar-refractivity contribution in [3.8, 4) is 5.75 Å². The van der Waals surface area contributed by atoms with E-state index in [1.165, 1.54) is 63.0 Å². The molecule has 0 spiro atoms. The number of esters is 1. The van der Waals surface area contributed by atoms with Gasteiger partial charge in [0.1, 0.15) is 25.3 Å². The number of methoxy groups -OCH3 is 1. The maximum absolute atomic E-state index is 14.3. The van der Waals surface area contributed by atoms with E-state index in [9.17, 15) is 9.18 Å². The van der Waals surface area contributed by atoms with Crippen molar-refractivity contribution >= 4 is 5.97 Å². The van der Waals surface area contributed by atoms with Crippen LogP contribution in [0.25, 0.3) is 0 Å². The number of likely N-dealkylation sites (tertiary alicyclic amines) is 1. The Morgan fingerprint density at radius 1 is 0.967 bits per heavy atom. The molecule has 0 N–H and O–H groups in total. The number of para-hydroxylation sites is 1. The number of quaternary nitrogens is 1. The van der Waals surface area contributed by atoms with Gasteiger partial charge in [-0.25, -0.2) is 9.18 Å². The van der Waals surface area contributed by atoms with E-state index >= 15 is 0 Å². The summed E-state index contributed by atoms with van der Waals surface area (Å²) in [4.78, 5) is 12.0. The van der Waals surface area contributed by atoms with Crippen LogP contribution in [0.15, 0.2) is 48.5 Å². The molecule has 1 radical (unpaired) electrons. The molecule has 3 rings (SSSR count). The first-order valence-corrected chi connectivity index (χ1v) is 10.5. The molecule has 0 atom stereocenters. The number of hydrogen-bond acceptors (Lipinski definition) is 3. The first-order chi connectivity index (χ1) is 14.1. The minimum atomic E-state index is -0.584. The molecule has 2 aromatic carbocycles. The van der Waals surface area contributed by atoms with Crippen LogP contribution in [0.2, 0.25) is 0 Å². The Morgan fingerprint density at radius 2 is 1.63 bits per heavy atom. The fourth-order valence-electron chi connectivity index (χ4n) is 4.24. The third-order valence-electron chi connectivity index (χ3n) is 5.81. The van der Waals surface area contributed by atoms with Crippen LogP contribution >= 0.6 is 0 Å². The molecule has 1 aliphatic heterocycles. The summed E-state index contributed by atoms with van der Waals surface area (Å²) in [6.07, 6.45) is 6.21. The first kappa shape index (κ1) is 25.0. The van der Waals surface area contributed by atoms with Gasteiger partial charge >= 0.3 is 5.97 Å². The van der Waals surface area contributed by atoms with Crippen LogP contribution in [0.3, 0.4) is 0 Å². The standard InChI is InChI=1S/C24H31FNO3.Y/c1-28-24(27)21-13-10-14-22(25)23(21)29-18-17-26(15-8-3-2-4-9-16-26)19-20-11-6-5-7-12-20;/h5-7,10-14H,2-4,8-9,15-19H2,1H3;/q+1;. The van der Waals surface area contributed by atoms with E-state index in [-0.39, 0.29) is 44.0 Å². The van der Waals surface area contributed by atoms with E-state index in [1.807, 2.05) is 6.07 Å². The van der Waals surface area contributed by atoms with E-state index in [4.69, 9.17) is 9.47 Å². The summed E-state index contributed by atoms with van der Waals surface area (Å²) >= 11 is 0. The van der Waals surface area contributed by atoms with E-state index in [0.717, 1.165) is 30.7 Å². The van der Waals surface area contributed by atoms with Gasteiger partial charge in [0.25, 0.3) is 0 Å². The topological polar surface area (TPSA) is 35.5 Å². The number of carbonyl (C=O) groups is 1.